The number of rotatable bonds is 5. The Morgan fingerprint density at radius 1 is 1.83 bits per heavy atom. The molecule has 0 radical (unpaired) electrons. The highest BCUT2D eigenvalue weighted by Crippen LogP contribution is 2.13. The van der Waals surface area contributed by atoms with Crippen molar-refractivity contribution in [1.29, 1.82) is 0 Å². The van der Waals surface area contributed by atoms with E-state index in [0.717, 1.165) is 17.5 Å². The molecule has 1 aromatic rings. The highest BCUT2D eigenvalue weighted by Gasteiger charge is 1.97. The van der Waals surface area contributed by atoms with Gasteiger partial charge in [-0.15, -0.1) is 0 Å². The molecule has 0 saturated heterocycles. The normalized spacial score (nSPS) is 10.1. The van der Waals surface area contributed by atoms with Crippen LogP contribution in [0.5, 0.6) is 0 Å². The molecule has 0 amide bonds. The standard InChI is InChI=1S/C8H13N3S/c1-7(5-9-2)6-12-8-10-3-4-11-8/h3-4,9H,1,5-6H2,2H3,(H,10,11). The predicted octanol–water partition coefficient (Wildman–Crippen LogP) is 1.28. The van der Waals surface area contributed by atoms with Gasteiger partial charge in [-0.05, 0) is 7.05 Å². The fourth-order valence-electron chi connectivity index (χ4n) is 0.801. The summed E-state index contributed by atoms with van der Waals surface area (Å²) in [6, 6.07) is 0. The lowest BCUT2D eigenvalue weighted by atomic mass is 10.3. The summed E-state index contributed by atoms with van der Waals surface area (Å²) in [5, 5.41) is 4.01. The number of likely N-dealkylation sites (N-methyl/N-ethyl adjacent to an activating group) is 1. The van der Waals surface area contributed by atoms with Crippen LogP contribution in [0.15, 0.2) is 29.7 Å². The molecule has 2 N–H and O–H groups in total. The van der Waals surface area contributed by atoms with Crippen molar-refractivity contribution in [2.24, 2.45) is 0 Å². The summed E-state index contributed by atoms with van der Waals surface area (Å²) in [4.78, 5) is 7.12. The molecule has 0 aromatic carbocycles. The molecule has 0 spiro atoms. The number of aromatic amines is 1. The third kappa shape index (κ3) is 3.11. The van der Waals surface area contributed by atoms with Gasteiger partial charge in [0, 0.05) is 24.7 Å². The second-order valence-electron chi connectivity index (χ2n) is 2.46. The minimum Gasteiger partial charge on any atom is -0.340 e. The van der Waals surface area contributed by atoms with Gasteiger partial charge in [-0.1, -0.05) is 23.9 Å². The van der Waals surface area contributed by atoms with Crippen LogP contribution in [0.2, 0.25) is 0 Å². The lowest BCUT2D eigenvalue weighted by Crippen LogP contribution is -2.10. The van der Waals surface area contributed by atoms with Gasteiger partial charge in [-0.3, -0.25) is 0 Å². The Hall–Kier alpha value is -0.740. The number of hydrogen-bond acceptors (Lipinski definition) is 3. The van der Waals surface area contributed by atoms with Crippen LogP contribution in [-0.4, -0.2) is 29.3 Å². The molecule has 66 valence electrons. The van der Waals surface area contributed by atoms with Gasteiger partial charge < -0.3 is 10.3 Å². The molecule has 0 unspecified atom stereocenters. The third-order valence-electron chi connectivity index (χ3n) is 1.31. The lowest BCUT2D eigenvalue weighted by Gasteiger charge is -2.01. The van der Waals surface area contributed by atoms with Gasteiger partial charge in [-0.2, -0.15) is 0 Å². The Morgan fingerprint density at radius 2 is 2.67 bits per heavy atom. The molecule has 0 saturated carbocycles. The summed E-state index contributed by atoms with van der Waals surface area (Å²) in [6.07, 6.45) is 3.58. The second-order valence-corrected chi connectivity index (χ2v) is 3.43. The van der Waals surface area contributed by atoms with Gasteiger partial charge in [0.05, 0.1) is 0 Å². The predicted molar refractivity (Wildman–Crippen MR) is 52.4 cm³/mol. The Balaban J connectivity index is 2.22. The molecule has 3 nitrogen and oxygen atoms in total. The first-order chi connectivity index (χ1) is 5.83. The molecule has 0 atom stereocenters. The fraction of sp³-hybridized carbons (Fsp3) is 0.375. The Labute approximate surface area is 76.7 Å². The maximum Gasteiger partial charge on any atom is 0.165 e. The summed E-state index contributed by atoms with van der Waals surface area (Å²) in [5.74, 6) is 0.911. The number of imidazole rings is 1. The van der Waals surface area contributed by atoms with Crippen LogP contribution in [0.3, 0.4) is 0 Å². The number of hydrogen-bond donors (Lipinski definition) is 2. The second kappa shape index (κ2) is 5.00. The molecule has 4 heteroatoms. The van der Waals surface area contributed by atoms with Crippen LogP contribution in [0.4, 0.5) is 0 Å². The van der Waals surface area contributed by atoms with Crippen LogP contribution >= 0.6 is 11.8 Å². The van der Waals surface area contributed by atoms with Crippen molar-refractivity contribution in [3.63, 3.8) is 0 Å². The molecule has 0 bridgehead atoms. The zero-order valence-corrected chi connectivity index (χ0v) is 7.95. The van der Waals surface area contributed by atoms with Crippen LogP contribution in [0.25, 0.3) is 0 Å². The molecule has 1 heterocycles. The largest absolute Gasteiger partial charge is 0.340 e. The first kappa shape index (κ1) is 9.35. The van der Waals surface area contributed by atoms with Gasteiger partial charge in [0.1, 0.15) is 0 Å². The van der Waals surface area contributed by atoms with Crippen molar-refractivity contribution >= 4 is 11.8 Å². The molecule has 1 aromatic heterocycles. The Morgan fingerprint density at radius 3 is 3.25 bits per heavy atom. The first-order valence-electron chi connectivity index (χ1n) is 3.76. The van der Waals surface area contributed by atoms with Crippen molar-refractivity contribution in [2.75, 3.05) is 19.3 Å². The topological polar surface area (TPSA) is 40.7 Å². The van der Waals surface area contributed by atoms with E-state index in [1.54, 1.807) is 18.0 Å². The molecule has 0 fully saturated rings. The fourth-order valence-corrected chi connectivity index (χ4v) is 1.53. The van der Waals surface area contributed by atoms with E-state index < -0.39 is 0 Å². The number of aromatic nitrogens is 2. The number of nitrogens with one attached hydrogen (secondary N) is 2. The van der Waals surface area contributed by atoms with Crippen molar-refractivity contribution < 1.29 is 0 Å². The minimum atomic E-state index is 0.869. The highest BCUT2D eigenvalue weighted by molar-refractivity contribution is 7.99. The van der Waals surface area contributed by atoms with Gasteiger partial charge in [0.15, 0.2) is 5.16 Å². The summed E-state index contributed by atoms with van der Waals surface area (Å²) < 4.78 is 0. The van der Waals surface area contributed by atoms with E-state index in [2.05, 4.69) is 21.9 Å². The maximum absolute atomic E-state index is 4.09. The zero-order chi connectivity index (χ0) is 8.81. The van der Waals surface area contributed by atoms with E-state index in [1.807, 2.05) is 13.2 Å². The summed E-state index contributed by atoms with van der Waals surface area (Å²) in [7, 11) is 1.92. The van der Waals surface area contributed by atoms with Crippen LogP contribution in [0.1, 0.15) is 0 Å². The number of thioether (sulfide) groups is 1. The van der Waals surface area contributed by atoms with Gasteiger partial charge in [0.25, 0.3) is 0 Å². The van der Waals surface area contributed by atoms with E-state index in [-0.39, 0.29) is 0 Å². The van der Waals surface area contributed by atoms with E-state index in [0.29, 0.717) is 0 Å². The summed E-state index contributed by atoms with van der Waals surface area (Å²) >= 11 is 1.67. The van der Waals surface area contributed by atoms with Gasteiger partial charge >= 0.3 is 0 Å². The third-order valence-corrected chi connectivity index (χ3v) is 2.36. The maximum atomic E-state index is 4.09. The molecule has 1 rings (SSSR count). The van der Waals surface area contributed by atoms with Crippen molar-refractivity contribution in [1.82, 2.24) is 15.3 Å². The Bertz CT molecular complexity index is 230. The Kier molecular flexibility index (Phi) is 3.90. The minimum absolute atomic E-state index is 0.869. The SMILES string of the molecule is C=C(CNC)CSc1ncc[nH]1. The average Bonchev–Trinajstić information content (AvgIpc) is 2.53. The monoisotopic (exact) mass is 183 g/mol. The van der Waals surface area contributed by atoms with Crippen molar-refractivity contribution in [3.05, 3.63) is 24.5 Å². The van der Waals surface area contributed by atoms with Crippen LogP contribution in [-0.2, 0) is 0 Å². The average molecular weight is 183 g/mol. The molecule has 0 aliphatic heterocycles. The van der Waals surface area contributed by atoms with E-state index in [9.17, 15) is 0 Å². The van der Waals surface area contributed by atoms with Crippen LogP contribution in [0, 0.1) is 0 Å². The van der Waals surface area contributed by atoms with Gasteiger partial charge in [0.2, 0.25) is 0 Å². The van der Waals surface area contributed by atoms with Crippen molar-refractivity contribution in [2.45, 2.75) is 5.16 Å². The van der Waals surface area contributed by atoms with Crippen LogP contribution < -0.4 is 5.32 Å². The molecule has 12 heavy (non-hydrogen) atoms. The van der Waals surface area contributed by atoms with E-state index in [1.165, 1.54) is 5.57 Å². The summed E-state index contributed by atoms with van der Waals surface area (Å²) in [5.41, 5.74) is 1.18. The van der Waals surface area contributed by atoms with E-state index in [4.69, 9.17) is 0 Å². The number of H-pyrrole nitrogens is 1. The van der Waals surface area contributed by atoms with Crippen molar-refractivity contribution in [3.8, 4) is 0 Å². The number of nitrogens with zero attached hydrogens (tertiary/aromatic N) is 1. The van der Waals surface area contributed by atoms with E-state index >= 15 is 0 Å². The molecule has 0 aliphatic rings. The first-order valence-corrected chi connectivity index (χ1v) is 4.75. The van der Waals surface area contributed by atoms with Gasteiger partial charge in [-0.25, -0.2) is 4.98 Å². The quantitative estimate of drug-likeness (QED) is 0.533. The zero-order valence-electron chi connectivity index (χ0n) is 7.13. The molecule has 0 aliphatic carbocycles. The highest BCUT2D eigenvalue weighted by atomic mass is 32.2. The smallest absolute Gasteiger partial charge is 0.165 e. The summed E-state index contributed by atoms with van der Waals surface area (Å²) in [6.45, 7) is 4.79. The molecular weight excluding hydrogens is 170 g/mol. The molecular formula is C8H13N3S. The lowest BCUT2D eigenvalue weighted by molar-refractivity contribution is 0.884.